The summed E-state index contributed by atoms with van der Waals surface area (Å²) in [4.78, 5) is 2.29. The van der Waals surface area contributed by atoms with E-state index in [0.717, 1.165) is 18.7 Å². The van der Waals surface area contributed by atoms with E-state index in [1.54, 1.807) is 6.07 Å². The summed E-state index contributed by atoms with van der Waals surface area (Å²) >= 11 is 0. The molecule has 0 bridgehead atoms. The number of oxime groups is 1. The molecule has 1 unspecified atom stereocenters. The first-order valence-corrected chi connectivity index (χ1v) is 6.08. The van der Waals surface area contributed by atoms with E-state index in [-0.39, 0.29) is 11.7 Å². The molecule has 4 nitrogen and oxygen atoms in total. The van der Waals surface area contributed by atoms with E-state index in [9.17, 15) is 4.39 Å². The lowest BCUT2D eigenvalue weighted by Crippen LogP contribution is -2.20. The number of benzene rings is 1. The van der Waals surface area contributed by atoms with Gasteiger partial charge in [0.15, 0.2) is 5.84 Å². The number of nitrogens with zero attached hydrogens (tertiary/aromatic N) is 2. The summed E-state index contributed by atoms with van der Waals surface area (Å²) in [5.41, 5.74) is 6.75. The van der Waals surface area contributed by atoms with Gasteiger partial charge in [0.1, 0.15) is 5.82 Å². The molecule has 1 heterocycles. The van der Waals surface area contributed by atoms with Crippen molar-refractivity contribution in [1.82, 2.24) is 4.90 Å². The maximum atomic E-state index is 13.5. The Kier molecular flexibility index (Phi) is 3.81. The summed E-state index contributed by atoms with van der Waals surface area (Å²) in [6, 6.07) is 4.53. The van der Waals surface area contributed by atoms with Crippen molar-refractivity contribution in [2.24, 2.45) is 16.8 Å². The monoisotopic (exact) mass is 251 g/mol. The van der Waals surface area contributed by atoms with Crippen LogP contribution in [0.15, 0.2) is 23.4 Å². The molecule has 0 saturated carbocycles. The van der Waals surface area contributed by atoms with Crippen LogP contribution in [0.25, 0.3) is 0 Å². The van der Waals surface area contributed by atoms with Crippen LogP contribution in [0.3, 0.4) is 0 Å². The number of amidine groups is 1. The second-order valence-corrected chi connectivity index (χ2v) is 4.96. The third-order valence-electron chi connectivity index (χ3n) is 3.28. The summed E-state index contributed by atoms with van der Waals surface area (Å²) < 4.78 is 13.5. The molecule has 1 atom stereocenters. The van der Waals surface area contributed by atoms with Gasteiger partial charge in [0.25, 0.3) is 0 Å². The van der Waals surface area contributed by atoms with Gasteiger partial charge >= 0.3 is 0 Å². The molecule has 5 heteroatoms. The van der Waals surface area contributed by atoms with Crippen molar-refractivity contribution in [3.05, 3.63) is 35.1 Å². The highest BCUT2D eigenvalue weighted by atomic mass is 19.1. The third kappa shape index (κ3) is 2.98. The lowest BCUT2D eigenvalue weighted by Gasteiger charge is -2.15. The number of rotatable bonds is 3. The Morgan fingerprint density at radius 2 is 2.33 bits per heavy atom. The second-order valence-electron chi connectivity index (χ2n) is 4.96. The first-order chi connectivity index (χ1) is 8.58. The zero-order valence-corrected chi connectivity index (χ0v) is 10.4. The molecule has 2 rings (SSSR count). The van der Waals surface area contributed by atoms with Crippen LogP contribution in [0.1, 0.15) is 24.5 Å². The lowest BCUT2D eigenvalue weighted by atomic mass is 10.1. The van der Waals surface area contributed by atoms with Gasteiger partial charge in [-0.1, -0.05) is 12.1 Å². The van der Waals surface area contributed by atoms with Crippen LogP contribution in [0.4, 0.5) is 4.39 Å². The molecule has 1 aromatic carbocycles. The van der Waals surface area contributed by atoms with Crippen LogP contribution >= 0.6 is 0 Å². The zero-order chi connectivity index (χ0) is 13.1. The molecule has 0 spiro atoms. The molecule has 0 aliphatic carbocycles. The Morgan fingerprint density at radius 1 is 1.56 bits per heavy atom. The normalized spacial score (nSPS) is 21.4. The van der Waals surface area contributed by atoms with Crippen LogP contribution in [0, 0.1) is 11.7 Å². The molecule has 1 fully saturated rings. The molecule has 3 N–H and O–H groups in total. The third-order valence-corrected chi connectivity index (χ3v) is 3.28. The number of likely N-dealkylation sites (tertiary alicyclic amines) is 1. The summed E-state index contributed by atoms with van der Waals surface area (Å²) in [5, 5.41) is 11.5. The van der Waals surface area contributed by atoms with Crippen molar-refractivity contribution in [1.29, 1.82) is 0 Å². The fraction of sp³-hybridized carbons (Fsp3) is 0.462. The first-order valence-electron chi connectivity index (χ1n) is 6.08. The molecule has 1 aromatic rings. The van der Waals surface area contributed by atoms with Crippen molar-refractivity contribution >= 4 is 5.84 Å². The predicted molar refractivity (Wildman–Crippen MR) is 68.0 cm³/mol. The molecule has 0 aromatic heterocycles. The number of hydrogen-bond donors (Lipinski definition) is 2. The topological polar surface area (TPSA) is 61.8 Å². The Hall–Kier alpha value is -1.62. The van der Waals surface area contributed by atoms with Gasteiger partial charge in [0.05, 0.1) is 0 Å². The van der Waals surface area contributed by atoms with E-state index < -0.39 is 0 Å². The van der Waals surface area contributed by atoms with E-state index in [1.807, 2.05) is 0 Å². The highest BCUT2D eigenvalue weighted by Crippen LogP contribution is 2.19. The smallest absolute Gasteiger partial charge is 0.170 e. The van der Waals surface area contributed by atoms with E-state index in [0.29, 0.717) is 18.0 Å². The van der Waals surface area contributed by atoms with Gasteiger partial charge in [-0.2, -0.15) is 0 Å². The molecular weight excluding hydrogens is 233 g/mol. The molecule has 0 radical (unpaired) electrons. The number of nitrogens with two attached hydrogens (primary N) is 1. The standard InChI is InChI=1S/C13H18FN3O/c1-9-2-3-17(7-9)8-10-4-11(13(15)16-18)6-12(14)5-10/h4-6,9,18H,2-3,7-8H2,1H3,(H2,15,16). The largest absolute Gasteiger partial charge is 0.409 e. The van der Waals surface area contributed by atoms with Crippen molar-refractivity contribution in [2.45, 2.75) is 19.9 Å². The lowest BCUT2D eigenvalue weighted by molar-refractivity contribution is 0.318. The fourth-order valence-corrected chi connectivity index (χ4v) is 2.38. The Labute approximate surface area is 106 Å². The van der Waals surface area contributed by atoms with Crippen molar-refractivity contribution < 1.29 is 9.60 Å². The van der Waals surface area contributed by atoms with E-state index in [4.69, 9.17) is 10.9 Å². The van der Waals surface area contributed by atoms with E-state index >= 15 is 0 Å². The molecule has 98 valence electrons. The van der Waals surface area contributed by atoms with Crippen LogP contribution in [-0.4, -0.2) is 29.0 Å². The highest BCUT2D eigenvalue weighted by molar-refractivity contribution is 5.97. The average molecular weight is 251 g/mol. The fourth-order valence-electron chi connectivity index (χ4n) is 2.38. The van der Waals surface area contributed by atoms with E-state index in [2.05, 4.69) is 17.0 Å². The second kappa shape index (κ2) is 5.35. The van der Waals surface area contributed by atoms with Crippen LogP contribution in [0.5, 0.6) is 0 Å². The van der Waals surface area contributed by atoms with E-state index in [1.165, 1.54) is 18.6 Å². The average Bonchev–Trinajstić information content (AvgIpc) is 2.73. The minimum atomic E-state index is -0.360. The van der Waals surface area contributed by atoms with Gasteiger partial charge in [0, 0.05) is 18.7 Å². The van der Waals surface area contributed by atoms with Crippen LogP contribution < -0.4 is 5.73 Å². The van der Waals surface area contributed by atoms with Crippen molar-refractivity contribution in [2.75, 3.05) is 13.1 Å². The van der Waals surface area contributed by atoms with Gasteiger partial charge in [0.2, 0.25) is 0 Å². The van der Waals surface area contributed by atoms with Gasteiger partial charge in [-0.05, 0) is 42.6 Å². The Balaban J connectivity index is 2.15. The highest BCUT2D eigenvalue weighted by Gasteiger charge is 2.19. The van der Waals surface area contributed by atoms with Gasteiger partial charge in [-0.25, -0.2) is 4.39 Å². The Morgan fingerprint density at radius 3 is 2.94 bits per heavy atom. The number of hydrogen-bond acceptors (Lipinski definition) is 3. The minimum absolute atomic E-state index is 0.0643. The van der Waals surface area contributed by atoms with Gasteiger partial charge in [-0.15, -0.1) is 0 Å². The maximum absolute atomic E-state index is 13.5. The molecule has 1 saturated heterocycles. The summed E-state index contributed by atoms with van der Waals surface area (Å²) in [5.74, 6) is 0.272. The number of halogens is 1. The van der Waals surface area contributed by atoms with Crippen LogP contribution in [0.2, 0.25) is 0 Å². The van der Waals surface area contributed by atoms with Gasteiger partial charge in [-0.3, -0.25) is 4.90 Å². The summed E-state index contributed by atoms with van der Waals surface area (Å²) in [6.07, 6.45) is 1.18. The van der Waals surface area contributed by atoms with Gasteiger partial charge < -0.3 is 10.9 Å². The molecule has 0 amide bonds. The quantitative estimate of drug-likeness (QED) is 0.372. The zero-order valence-electron chi connectivity index (χ0n) is 10.4. The SMILES string of the molecule is CC1CCN(Cc2cc(F)cc(/C(N)=N/O)c2)C1. The van der Waals surface area contributed by atoms with Crippen LogP contribution in [-0.2, 0) is 6.54 Å². The van der Waals surface area contributed by atoms with Crippen molar-refractivity contribution in [3.63, 3.8) is 0 Å². The summed E-state index contributed by atoms with van der Waals surface area (Å²) in [6.45, 7) is 4.99. The van der Waals surface area contributed by atoms with Crippen molar-refractivity contribution in [3.8, 4) is 0 Å². The Bertz CT molecular complexity index is 462. The summed E-state index contributed by atoms with van der Waals surface area (Å²) in [7, 11) is 0. The molecular formula is C13H18FN3O. The molecule has 1 aliphatic heterocycles. The minimum Gasteiger partial charge on any atom is -0.409 e. The predicted octanol–water partition coefficient (Wildman–Crippen LogP) is 1.76. The first kappa shape index (κ1) is 12.8. The maximum Gasteiger partial charge on any atom is 0.170 e. The molecule has 18 heavy (non-hydrogen) atoms. The molecule has 1 aliphatic rings.